The Morgan fingerprint density at radius 3 is 2.50 bits per heavy atom. The van der Waals surface area contributed by atoms with Gasteiger partial charge in [-0.25, -0.2) is 0 Å². The number of hydrogen-bond acceptors (Lipinski definition) is 3. The van der Waals surface area contributed by atoms with Gasteiger partial charge in [0.25, 0.3) is 0 Å². The lowest BCUT2D eigenvalue weighted by Crippen LogP contribution is -2.31. The van der Waals surface area contributed by atoms with E-state index in [1.807, 2.05) is 20.8 Å². The second kappa shape index (κ2) is 3.89. The highest BCUT2D eigenvalue weighted by atomic mass is 16.5. The molecule has 0 saturated heterocycles. The Balaban J connectivity index is 2.76. The van der Waals surface area contributed by atoms with Crippen LogP contribution in [0.4, 0.5) is 0 Å². The molecule has 14 heavy (non-hydrogen) atoms. The summed E-state index contributed by atoms with van der Waals surface area (Å²) in [6.07, 6.45) is 0.159. The highest BCUT2D eigenvalue weighted by Crippen LogP contribution is 2.47. The second-order valence-electron chi connectivity index (χ2n) is 4.72. The molecular weight excluding hydrogens is 180 g/mol. The van der Waals surface area contributed by atoms with E-state index in [1.165, 1.54) is 0 Å². The van der Waals surface area contributed by atoms with Crippen LogP contribution >= 0.6 is 0 Å². The molecule has 82 valence electrons. The fraction of sp³-hybridized carbons (Fsp3) is 0.909. The number of aliphatic hydroxyl groups is 1. The van der Waals surface area contributed by atoms with E-state index in [4.69, 9.17) is 4.74 Å². The zero-order valence-corrected chi connectivity index (χ0v) is 9.41. The standard InChI is InChI=1S/C11H20O3/c1-5-14-10(13)8-6-9(12)7(2)11(8,3)4/h7-9,12H,5-6H2,1-4H3/t7-,8-,9-/m0/s1. The number of hydrogen-bond donors (Lipinski definition) is 1. The SMILES string of the molecule is CCOC(=O)[C@@H]1C[C@H](O)[C@H](C)C1(C)C. The Morgan fingerprint density at radius 2 is 2.14 bits per heavy atom. The van der Waals surface area contributed by atoms with Crippen molar-refractivity contribution in [2.24, 2.45) is 17.3 Å². The molecule has 0 heterocycles. The molecular formula is C11H20O3. The number of esters is 1. The number of aliphatic hydroxyl groups excluding tert-OH is 1. The summed E-state index contributed by atoms with van der Waals surface area (Å²) in [7, 11) is 0. The van der Waals surface area contributed by atoms with E-state index in [2.05, 4.69) is 0 Å². The predicted molar refractivity (Wildman–Crippen MR) is 53.7 cm³/mol. The Bertz CT molecular complexity index is 223. The van der Waals surface area contributed by atoms with Gasteiger partial charge in [0.2, 0.25) is 0 Å². The minimum Gasteiger partial charge on any atom is -0.466 e. The minimum atomic E-state index is -0.376. The lowest BCUT2D eigenvalue weighted by molar-refractivity contribution is -0.151. The summed E-state index contributed by atoms with van der Waals surface area (Å²) in [5.74, 6) is -0.176. The van der Waals surface area contributed by atoms with Crippen LogP contribution < -0.4 is 0 Å². The van der Waals surface area contributed by atoms with Crippen LogP contribution in [0.2, 0.25) is 0 Å². The Morgan fingerprint density at radius 1 is 1.57 bits per heavy atom. The first-order chi connectivity index (χ1) is 6.41. The van der Waals surface area contributed by atoms with E-state index in [9.17, 15) is 9.90 Å². The van der Waals surface area contributed by atoms with Gasteiger partial charge < -0.3 is 9.84 Å². The summed E-state index contributed by atoms with van der Waals surface area (Å²) in [5.41, 5.74) is -0.161. The van der Waals surface area contributed by atoms with Crippen molar-refractivity contribution in [3.63, 3.8) is 0 Å². The summed E-state index contributed by atoms with van der Waals surface area (Å²) in [6, 6.07) is 0. The molecule has 1 aliphatic carbocycles. The van der Waals surface area contributed by atoms with Gasteiger partial charge in [-0.2, -0.15) is 0 Å². The van der Waals surface area contributed by atoms with E-state index >= 15 is 0 Å². The number of ether oxygens (including phenoxy) is 1. The molecule has 0 bridgehead atoms. The van der Waals surface area contributed by atoms with E-state index in [0.29, 0.717) is 13.0 Å². The average Bonchev–Trinajstić information content (AvgIpc) is 2.30. The maximum atomic E-state index is 11.6. The van der Waals surface area contributed by atoms with Crippen molar-refractivity contribution in [2.75, 3.05) is 6.61 Å². The largest absolute Gasteiger partial charge is 0.466 e. The molecule has 3 heteroatoms. The van der Waals surface area contributed by atoms with Gasteiger partial charge in [0.1, 0.15) is 0 Å². The first-order valence-corrected chi connectivity index (χ1v) is 5.26. The van der Waals surface area contributed by atoms with Crippen molar-refractivity contribution in [3.05, 3.63) is 0 Å². The molecule has 1 aliphatic rings. The van der Waals surface area contributed by atoms with Crippen LogP contribution in [-0.2, 0) is 9.53 Å². The molecule has 0 aromatic rings. The molecule has 0 spiro atoms. The van der Waals surface area contributed by atoms with Crippen molar-refractivity contribution in [1.29, 1.82) is 0 Å². The van der Waals surface area contributed by atoms with E-state index in [-0.39, 0.29) is 29.3 Å². The lowest BCUT2D eigenvalue weighted by atomic mass is 9.76. The molecule has 0 aliphatic heterocycles. The van der Waals surface area contributed by atoms with Gasteiger partial charge in [0.05, 0.1) is 18.6 Å². The van der Waals surface area contributed by atoms with E-state index in [1.54, 1.807) is 6.92 Å². The van der Waals surface area contributed by atoms with Crippen LogP contribution in [0.15, 0.2) is 0 Å². The molecule has 1 N–H and O–H groups in total. The van der Waals surface area contributed by atoms with Crippen molar-refractivity contribution >= 4 is 5.97 Å². The smallest absolute Gasteiger partial charge is 0.309 e. The van der Waals surface area contributed by atoms with Gasteiger partial charge in [-0.3, -0.25) is 4.79 Å². The highest BCUT2D eigenvalue weighted by Gasteiger charge is 2.49. The lowest BCUT2D eigenvalue weighted by Gasteiger charge is -2.29. The molecule has 3 nitrogen and oxygen atoms in total. The third-order valence-electron chi connectivity index (χ3n) is 3.70. The average molecular weight is 200 g/mol. The van der Waals surface area contributed by atoms with E-state index in [0.717, 1.165) is 0 Å². The maximum absolute atomic E-state index is 11.6. The van der Waals surface area contributed by atoms with Gasteiger partial charge in [0, 0.05) is 0 Å². The number of rotatable bonds is 2. The van der Waals surface area contributed by atoms with Crippen LogP contribution in [0, 0.1) is 17.3 Å². The molecule has 0 radical (unpaired) electrons. The van der Waals surface area contributed by atoms with Gasteiger partial charge >= 0.3 is 5.97 Å². The van der Waals surface area contributed by atoms with Crippen LogP contribution in [-0.4, -0.2) is 23.8 Å². The molecule has 0 amide bonds. The van der Waals surface area contributed by atoms with Gasteiger partial charge in [-0.15, -0.1) is 0 Å². The second-order valence-corrected chi connectivity index (χ2v) is 4.72. The van der Waals surface area contributed by atoms with Crippen LogP contribution in [0.1, 0.15) is 34.1 Å². The molecule has 3 atom stereocenters. The van der Waals surface area contributed by atoms with Crippen molar-refractivity contribution in [1.82, 2.24) is 0 Å². The Labute approximate surface area is 85.5 Å². The zero-order chi connectivity index (χ0) is 10.9. The fourth-order valence-corrected chi connectivity index (χ4v) is 2.21. The van der Waals surface area contributed by atoms with Gasteiger partial charge in [-0.1, -0.05) is 20.8 Å². The molecule has 0 aromatic carbocycles. The topological polar surface area (TPSA) is 46.5 Å². The zero-order valence-electron chi connectivity index (χ0n) is 9.41. The van der Waals surface area contributed by atoms with Crippen LogP contribution in [0.3, 0.4) is 0 Å². The third-order valence-corrected chi connectivity index (χ3v) is 3.70. The third kappa shape index (κ3) is 1.78. The number of carbonyl (C=O) groups excluding carboxylic acids is 1. The summed E-state index contributed by atoms with van der Waals surface area (Å²) in [5, 5.41) is 9.71. The Kier molecular flexibility index (Phi) is 3.20. The maximum Gasteiger partial charge on any atom is 0.309 e. The van der Waals surface area contributed by atoms with Crippen LogP contribution in [0.25, 0.3) is 0 Å². The quantitative estimate of drug-likeness (QED) is 0.689. The van der Waals surface area contributed by atoms with Crippen LogP contribution in [0.5, 0.6) is 0 Å². The van der Waals surface area contributed by atoms with Gasteiger partial charge in [-0.05, 0) is 24.7 Å². The summed E-state index contributed by atoms with van der Waals surface area (Å²) in [4.78, 5) is 11.6. The monoisotopic (exact) mass is 200 g/mol. The summed E-state index contributed by atoms with van der Waals surface area (Å²) in [6.45, 7) is 8.25. The molecule has 1 rings (SSSR count). The fourth-order valence-electron chi connectivity index (χ4n) is 2.21. The number of carbonyl (C=O) groups is 1. The summed E-state index contributed by atoms with van der Waals surface area (Å²) < 4.78 is 5.01. The molecule has 0 unspecified atom stereocenters. The molecule has 1 saturated carbocycles. The van der Waals surface area contributed by atoms with Crippen molar-refractivity contribution in [3.8, 4) is 0 Å². The van der Waals surface area contributed by atoms with E-state index < -0.39 is 0 Å². The first-order valence-electron chi connectivity index (χ1n) is 5.26. The van der Waals surface area contributed by atoms with Crippen molar-refractivity contribution in [2.45, 2.75) is 40.2 Å². The summed E-state index contributed by atoms with van der Waals surface area (Å²) >= 11 is 0. The molecule has 1 fully saturated rings. The first kappa shape index (κ1) is 11.5. The van der Waals surface area contributed by atoms with Crippen molar-refractivity contribution < 1.29 is 14.6 Å². The van der Waals surface area contributed by atoms with Gasteiger partial charge in [0.15, 0.2) is 0 Å². The Hall–Kier alpha value is -0.570. The predicted octanol–water partition coefficient (Wildman–Crippen LogP) is 1.59. The highest BCUT2D eigenvalue weighted by molar-refractivity contribution is 5.74. The normalized spacial score (nSPS) is 35.6. The minimum absolute atomic E-state index is 0.150. The molecule has 0 aromatic heterocycles.